The van der Waals surface area contributed by atoms with Gasteiger partial charge in [-0.3, -0.25) is 0 Å². The molecule has 106 valence electrons. The maximum absolute atomic E-state index is 5.84. The Morgan fingerprint density at radius 1 is 1.37 bits per heavy atom. The molecule has 1 aromatic carbocycles. The maximum atomic E-state index is 5.84. The Morgan fingerprint density at radius 2 is 2.16 bits per heavy atom. The fourth-order valence-electron chi connectivity index (χ4n) is 2.17. The van der Waals surface area contributed by atoms with E-state index >= 15 is 0 Å². The Hall–Kier alpha value is -0.420. The van der Waals surface area contributed by atoms with Gasteiger partial charge >= 0.3 is 0 Å². The first-order chi connectivity index (χ1) is 9.22. The topological polar surface area (TPSA) is 27.7 Å². The van der Waals surface area contributed by atoms with Crippen molar-refractivity contribution in [1.82, 2.24) is 0 Å². The summed E-state index contributed by atoms with van der Waals surface area (Å²) in [4.78, 5) is 0. The highest BCUT2D eigenvalue weighted by Gasteiger charge is 2.35. The molecule has 1 heterocycles. The molecule has 1 aliphatic heterocycles. The standard InChI is InChI=1S/C15H21BrO3/c1-15(12-18-14(10-16)19-15)8-5-9-17-11-13-6-3-2-4-7-13/h2-4,6-7,14H,5,8-12H2,1H3. The average Bonchev–Trinajstić information content (AvgIpc) is 2.82. The van der Waals surface area contributed by atoms with Crippen LogP contribution in [0.1, 0.15) is 25.3 Å². The molecular formula is C15H21BrO3. The van der Waals surface area contributed by atoms with Crippen LogP contribution in [0.2, 0.25) is 0 Å². The summed E-state index contributed by atoms with van der Waals surface area (Å²) in [7, 11) is 0. The lowest BCUT2D eigenvalue weighted by Crippen LogP contribution is -2.28. The van der Waals surface area contributed by atoms with Crippen LogP contribution in [0.4, 0.5) is 0 Å². The third kappa shape index (κ3) is 4.88. The highest BCUT2D eigenvalue weighted by atomic mass is 79.9. The molecule has 19 heavy (non-hydrogen) atoms. The monoisotopic (exact) mass is 328 g/mol. The second-order valence-electron chi connectivity index (χ2n) is 5.10. The summed E-state index contributed by atoms with van der Waals surface area (Å²) in [5, 5.41) is 0.729. The van der Waals surface area contributed by atoms with Crippen LogP contribution in [0, 0.1) is 0 Å². The maximum Gasteiger partial charge on any atom is 0.168 e. The molecule has 1 aliphatic rings. The van der Waals surface area contributed by atoms with E-state index in [1.807, 2.05) is 18.2 Å². The molecule has 2 atom stereocenters. The molecule has 0 bridgehead atoms. The van der Waals surface area contributed by atoms with Gasteiger partial charge in [-0.15, -0.1) is 0 Å². The summed E-state index contributed by atoms with van der Waals surface area (Å²) < 4.78 is 17.0. The number of alkyl halides is 1. The van der Waals surface area contributed by atoms with Gasteiger partial charge in [0.05, 0.1) is 24.1 Å². The summed E-state index contributed by atoms with van der Waals surface area (Å²) in [6.07, 6.45) is 1.85. The fourth-order valence-corrected chi connectivity index (χ4v) is 2.49. The number of halogens is 1. The third-order valence-corrected chi connectivity index (χ3v) is 3.75. The van der Waals surface area contributed by atoms with Crippen LogP contribution in [-0.4, -0.2) is 30.4 Å². The predicted molar refractivity (Wildman–Crippen MR) is 78.4 cm³/mol. The summed E-state index contributed by atoms with van der Waals surface area (Å²) in [5.74, 6) is 0. The van der Waals surface area contributed by atoms with E-state index in [0.29, 0.717) is 13.2 Å². The largest absolute Gasteiger partial charge is 0.377 e. The summed E-state index contributed by atoms with van der Waals surface area (Å²) in [6.45, 7) is 4.21. The van der Waals surface area contributed by atoms with Gasteiger partial charge < -0.3 is 14.2 Å². The van der Waals surface area contributed by atoms with Crippen LogP contribution in [0.25, 0.3) is 0 Å². The molecule has 0 amide bonds. The summed E-state index contributed by atoms with van der Waals surface area (Å²) in [6, 6.07) is 10.2. The van der Waals surface area contributed by atoms with E-state index < -0.39 is 0 Å². The number of hydrogen-bond acceptors (Lipinski definition) is 3. The van der Waals surface area contributed by atoms with Crippen molar-refractivity contribution in [3.05, 3.63) is 35.9 Å². The summed E-state index contributed by atoms with van der Waals surface area (Å²) in [5.41, 5.74) is 1.06. The van der Waals surface area contributed by atoms with Crippen molar-refractivity contribution in [1.29, 1.82) is 0 Å². The SMILES string of the molecule is CC1(CCCOCc2ccccc2)COC(CBr)O1. The third-order valence-electron chi connectivity index (χ3n) is 3.22. The highest BCUT2D eigenvalue weighted by molar-refractivity contribution is 9.09. The Morgan fingerprint density at radius 3 is 2.84 bits per heavy atom. The van der Waals surface area contributed by atoms with Crippen molar-refractivity contribution in [3.63, 3.8) is 0 Å². The number of rotatable bonds is 7. The number of ether oxygens (including phenoxy) is 3. The molecule has 0 spiro atoms. The lowest BCUT2D eigenvalue weighted by atomic mass is 10.0. The van der Waals surface area contributed by atoms with E-state index in [0.717, 1.165) is 24.8 Å². The van der Waals surface area contributed by atoms with Gasteiger partial charge in [0, 0.05) is 6.61 Å². The van der Waals surface area contributed by atoms with Crippen LogP contribution in [0.3, 0.4) is 0 Å². The van der Waals surface area contributed by atoms with Gasteiger partial charge in [0.2, 0.25) is 0 Å². The quantitative estimate of drug-likeness (QED) is 0.566. The van der Waals surface area contributed by atoms with Crippen LogP contribution in [0.15, 0.2) is 30.3 Å². The zero-order chi connectivity index (χ0) is 13.6. The zero-order valence-corrected chi connectivity index (χ0v) is 12.9. The minimum absolute atomic E-state index is 0.102. The predicted octanol–water partition coefficient (Wildman–Crippen LogP) is 3.51. The lowest BCUT2D eigenvalue weighted by molar-refractivity contribution is -0.0710. The van der Waals surface area contributed by atoms with E-state index in [1.165, 1.54) is 5.56 Å². The molecule has 3 nitrogen and oxygen atoms in total. The van der Waals surface area contributed by atoms with Crippen molar-refractivity contribution in [2.24, 2.45) is 0 Å². The van der Waals surface area contributed by atoms with Gasteiger partial charge in [0.1, 0.15) is 0 Å². The van der Waals surface area contributed by atoms with Gasteiger partial charge in [-0.1, -0.05) is 46.3 Å². The fraction of sp³-hybridized carbons (Fsp3) is 0.600. The summed E-state index contributed by atoms with van der Waals surface area (Å²) >= 11 is 3.37. The van der Waals surface area contributed by atoms with Crippen molar-refractivity contribution < 1.29 is 14.2 Å². The normalized spacial score (nSPS) is 26.7. The van der Waals surface area contributed by atoms with E-state index in [-0.39, 0.29) is 11.9 Å². The molecule has 1 fully saturated rings. The molecule has 1 aromatic rings. The van der Waals surface area contributed by atoms with E-state index in [9.17, 15) is 0 Å². The average molecular weight is 329 g/mol. The van der Waals surface area contributed by atoms with Gasteiger partial charge in [-0.2, -0.15) is 0 Å². The van der Waals surface area contributed by atoms with E-state index in [4.69, 9.17) is 14.2 Å². The first kappa shape index (κ1) is 15.0. The highest BCUT2D eigenvalue weighted by Crippen LogP contribution is 2.28. The molecule has 0 N–H and O–H groups in total. The molecule has 0 radical (unpaired) electrons. The second-order valence-corrected chi connectivity index (χ2v) is 5.75. The molecule has 0 aromatic heterocycles. The first-order valence-corrected chi connectivity index (χ1v) is 7.81. The molecule has 0 aliphatic carbocycles. The second kappa shape index (κ2) is 7.39. The molecular weight excluding hydrogens is 308 g/mol. The number of hydrogen-bond donors (Lipinski definition) is 0. The van der Waals surface area contributed by atoms with Crippen molar-refractivity contribution in [2.45, 2.75) is 38.3 Å². The van der Waals surface area contributed by atoms with Gasteiger partial charge in [0.25, 0.3) is 0 Å². The van der Waals surface area contributed by atoms with Gasteiger partial charge in [0.15, 0.2) is 6.29 Å². The first-order valence-electron chi connectivity index (χ1n) is 6.69. The van der Waals surface area contributed by atoms with E-state index in [2.05, 4.69) is 35.0 Å². The minimum atomic E-state index is -0.158. The number of benzene rings is 1. The van der Waals surface area contributed by atoms with E-state index in [1.54, 1.807) is 0 Å². The molecule has 4 heteroatoms. The van der Waals surface area contributed by atoms with Crippen LogP contribution in [0.5, 0.6) is 0 Å². The molecule has 2 rings (SSSR count). The van der Waals surface area contributed by atoms with Crippen LogP contribution >= 0.6 is 15.9 Å². The van der Waals surface area contributed by atoms with Gasteiger partial charge in [-0.25, -0.2) is 0 Å². The lowest BCUT2D eigenvalue weighted by Gasteiger charge is -2.21. The Kier molecular flexibility index (Phi) is 5.82. The smallest absolute Gasteiger partial charge is 0.168 e. The molecule has 2 unspecified atom stereocenters. The zero-order valence-electron chi connectivity index (χ0n) is 11.3. The Bertz CT molecular complexity index is 371. The Balaban J connectivity index is 1.59. The van der Waals surface area contributed by atoms with Crippen molar-refractivity contribution in [2.75, 3.05) is 18.5 Å². The minimum Gasteiger partial charge on any atom is -0.377 e. The van der Waals surface area contributed by atoms with Crippen molar-refractivity contribution in [3.8, 4) is 0 Å². The van der Waals surface area contributed by atoms with Crippen molar-refractivity contribution >= 4 is 15.9 Å². The molecule has 1 saturated heterocycles. The van der Waals surface area contributed by atoms with Gasteiger partial charge in [-0.05, 0) is 25.3 Å². The molecule has 0 saturated carbocycles. The van der Waals surface area contributed by atoms with Crippen LogP contribution in [-0.2, 0) is 20.8 Å². The van der Waals surface area contributed by atoms with Crippen LogP contribution < -0.4 is 0 Å². The Labute approximate surface area is 123 Å².